The Morgan fingerprint density at radius 2 is 1.77 bits per heavy atom. The van der Waals surface area contributed by atoms with Crippen molar-refractivity contribution in [2.24, 2.45) is 0 Å². The molecule has 0 aliphatic carbocycles. The Balaban J connectivity index is 1.83. The van der Waals surface area contributed by atoms with E-state index in [-0.39, 0.29) is 24.3 Å². The predicted octanol–water partition coefficient (Wildman–Crippen LogP) is 2.48. The molecule has 3 amide bonds. The van der Waals surface area contributed by atoms with Gasteiger partial charge in [0.15, 0.2) is 0 Å². The number of hydrogen-bond acceptors (Lipinski definition) is 3. The van der Waals surface area contributed by atoms with Crippen LogP contribution in [0.15, 0.2) is 54.6 Å². The average Bonchev–Trinajstić information content (AvgIpc) is 2.76. The van der Waals surface area contributed by atoms with E-state index in [0.717, 1.165) is 23.1 Å². The highest BCUT2D eigenvalue weighted by atomic mass is 16.2. The van der Waals surface area contributed by atoms with Crippen LogP contribution in [0.5, 0.6) is 0 Å². The number of benzene rings is 2. The van der Waals surface area contributed by atoms with Gasteiger partial charge >= 0.3 is 0 Å². The second kappa shape index (κ2) is 10.1. The predicted molar refractivity (Wildman–Crippen MR) is 117 cm³/mol. The SMILES string of the molecule is CCCN1CCN(C(=O)CNC(C)=O)C(Cc2cccc(-c3ccccc3)c2)C1=O. The number of carbonyl (C=O) groups is 3. The largest absolute Gasteiger partial charge is 0.347 e. The molecule has 0 radical (unpaired) electrons. The van der Waals surface area contributed by atoms with Crippen LogP contribution < -0.4 is 5.32 Å². The minimum Gasteiger partial charge on any atom is -0.347 e. The number of carbonyl (C=O) groups excluding carboxylic acids is 3. The van der Waals surface area contributed by atoms with Crippen LogP contribution >= 0.6 is 0 Å². The third-order valence-electron chi connectivity index (χ3n) is 5.35. The smallest absolute Gasteiger partial charge is 0.245 e. The molecule has 1 fully saturated rings. The first-order valence-electron chi connectivity index (χ1n) is 10.5. The first kappa shape index (κ1) is 21.6. The molecule has 0 aromatic heterocycles. The van der Waals surface area contributed by atoms with Gasteiger partial charge in [-0.1, -0.05) is 61.5 Å². The summed E-state index contributed by atoms with van der Waals surface area (Å²) in [6.45, 7) is 5.03. The summed E-state index contributed by atoms with van der Waals surface area (Å²) < 4.78 is 0. The van der Waals surface area contributed by atoms with Gasteiger partial charge in [-0.2, -0.15) is 0 Å². The summed E-state index contributed by atoms with van der Waals surface area (Å²) in [4.78, 5) is 40.6. The van der Waals surface area contributed by atoms with Gasteiger partial charge in [0.05, 0.1) is 6.54 Å². The highest BCUT2D eigenvalue weighted by molar-refractivity contribution is 5.91. The van der Waals surface area contributed by atoms with Gasteiger partial charge in [0, 0.05) is 33.0 Å². The summed E-state index contributed by atoms with van der Waals surface area (Å²) in [5, 5.41) is 2.55. The van der Waals surface area contributed by atoms with Crippen LogP contribution in [0.1, 0.15) is 25.8 Å². The molecule has 1 heterocycles. The van der Waals surface area contributed by atoms with Gasteiger partial charge in [-0.3, -0.25) is 14.4 Å². The van der Waals surface area contributed by atoms with E-state index >= 15 is 0 Å². The quantitative estimate of drug-likeness (QED) is 0.767. The molecule has 1 saturated heterocycles. The Hall–Kier alpha value is -3.15. The monoisotopic (exact) mass is 407 g/mol. The summed E-state index contributed by atoms with van der Waals surface area (Å²) >= 11 is 0. The van der Waals surface area contributed by atoms with Crippen molar-refractivity contribution in [3.63, 3.8) is 0 Å². The minimum atomic E-state index is -0.558. The zero-order valence-corrected chi connectivity index (χ0v) is 17.6. The van der Waals surface area contributed by atoms with Gasteiger partial charge in [-0.05, 0) is 23.1 Å². The number of hydrogen-bond donors (Lipinski definition) is 1. The standard InChI is InChI=1S/C24H29N3O3/c1-3-12-26-13-14-27(23(29)17-25-18(2)28)22(24(26)30)16-19-8-7-11-21(15-19)20-9-5-4-6-10-20/h4-11,15,22H,3,12-14,16-17H2,1-2H3,(H,25,28). The molecule has 30 heavy (non-hydrogen) atoms. The second-order valence-electron chi connectivity index (χ2n) is 7.61. The number of nitrogens with one attached hydrogen (secondary N) is 1. The average molecular weight is 408 g/mol. The van der Waals surface area contributed by atoms with Crippen molar-refractivity contribution in [2.75, 3.05) is 26.2 Å². The van der Waals surface area contributed by atoms with E-state index in [4.69, 9.17) is 0 Å². The zero-order chi connectivity index (χ0) is 21.5. The zero-order valence-electron chi connectivity index (χ0n) is 17.6. The molecule has 2 aromatic carbocycles. The molecule has 0 spiro atoms. The number of amides is 3. The first-order valence-corrected chi connectivity index (χ1v) is 10.5. The molecule has 6 heteroatoms. The van der Waals surface area contributed by atoms with E-state index in [0.29, 0.717) is 26.1 Å². The lowest BCUT2D eigenvalue weighted by atomic mass is 9.97. The molecule has 1 aliphatic rings. The molecule has 1 N–H and O–H groups in total. The van der Waals surface area contributed by atoms with Crippen molar-refractivity contribution in [3.8, 4) is 11.1 Å². The Labute approximate surface area is 177 Å². The van der Waals surface area contributed by atoms with Gasteiger partial charge < -0.3 is 15.1 Å². The van der Waals surface area contributed by atoms with Crippen molar-refractivity contribution in [3.05, 3.63) is 60.2 Å². The van der Waals surface area contributed by atoms with Crippen LogP contribution in [0.25, 0.3) is 11.1 Å². The molecule has 0 bridgehead atoms. The third-order valence-corrected chi connectivity index (χ3v) is 5.35. The summed E-state index contributed by atoms with van der Waals surface area (Å²) in [6, 6.07) is 17.6. The van der Waals surface area contributed by atoms with Crippen molar-refractivity contribution in [1.29, 1.82) is 0 Å². The molecule has 6 nitrogen and oxygen atoms in total. The molecule has 158 valence electrons. The molecular formula is C24H29N3O3. The maximum absolute atomic E-state index is 13.2. The van der Waals surface area contributed by atoms with Crippen LogP contribution in [-0.2, 0) is 20.8 Å². The van der Waals surface area contributed by atoms with Gasteiger partial charge in [-0.25, -0.2) is 0 Å². The molecule has 2 aromatic rings. The topological polar surface area (TPSA) is 69.7 Å². The normalized spacial score (nSPS) is 16.5. The van der Waals surface area contributed by atoms with E-state index in [1.807, 2.05) is 48.2 Å². The molecule has 1 unspecified atom stereocenters. The Morgan fingerprint density at radius 3 is 2.47 bits per heavy atom. The van der Waals surface area contributed by atoms with Crippen molar-refractivity contribution < 1.29 is 14.4 Å². The Kier molecular flexibility index (Phi) is 7.22. The molecule has 1 aliphatic heterocycles. The van der Waals surface area contributed by atoms with Gasteiger partial charge in [0.1, 0.15) is 6.04 Å². The fourth-order valence-corrected chi connectivity index (χ4v) is 3.86. The lowest BCUT2D eigenvalue weighted by Crippen LogP contribution is -2.60. The van der Waals surface area contributed by atoms with E-state index < -0.39 is 6.04 Å². The molecule has 1 atom stereocenters. The van der Waals surface area contributed by atoms with Crippen molar-refractivity contribution >= 4 is 17.7 Å². The summed E-state index contributed by atoms with van der Waals surface area (Å²) in [5.74, 6) is -0.505. The van der Waals surface area contributed by atoms with Crippen LogP contribution in [0.2, 0.25) is 0 Å². The van der Waals surface area contributed by atoms with Crippen LogP contribution in [0.3, 0.4) is 0 Å². The van der Waals surface area contributed by atoms with E-state index in [1.165, 1.54) is 6.92 Å². The highest BCUT2D eigenvalue weighted by Crippen LogP contribution is 2.23. The first-order chi connectivity index (χ1) is 14.5. The van der Waals surface area contributed by atoms with Gasteiger partial charge in [0.25, 0.3) is 0 Å². The van der Waals surface area contributed by atoms with Crippen LogP contribution in [-0.4, -0.2) is 59.7 Å². The maximum atomic E-state index is 13.2. The van der Waals surface area contributed by atoms with Crippen molar-refractivity contribution in [1.82, 2.24) is 15.1 Å². The fourth-order valence-electron chi connectivity index (χ4n) is 3.86. The summed E-state index contributed by atoms with van der Waals surface area (Å²) in [5.41, 5.74) is 3.20. The number of rotatable bonds is 7. The number of piperazine rings is 1. The molecule has 0 saturated carbocycles. The lowest BCUT2D eigenvalue weighted by molar-refractivity contribution is -0.151. The third kappa shape index (κ3) is 5.26. The summed E-state index contributed by atoms with van der Waals surface area (Å²) in [6.07, 6.45) is 1.33. The highest BCUT2D eigenvalue weighted by Gasteiger charge is 2.36. The molecule has 3 rings (SSSR count). The maximum Gasteiger partial charge on any atom is 0.245 e. The van der Waals surface area contributed by atoms with Crippen LogP contribution in [0.4, 0.5) is 0 Å². The molecular weight excluding hydrogens is 378 g/mol. The van der Waals surface area contributed by atoms with Gasteiger partial charge in [-0.15, -0.1) is 0 Å². The van der Waals surface area contributed by atoms with E-state index in [9.17, 15) is 14.4 Å². The number of nitrogens with zero attached hydrogens (tertiary/aromatic N) is 2. The van der Waals surface area contributed by atoms with Crippen LogP contribution in [0, 0.1) is 0 Å². The Bertz CT molecular complexity index is 898. The second-order valence-corrected chi connectivity index (χ2v) is 7.61. The lowest BCUT2D eigenvalue weighted by Gasteiger charge is -2.41. The minimum absolute atomic E-state index is 0.0237. The van der Waals surface area contributed by atoms with E-state index in [1.54, 1.807) is 4.90 Å². The summed E-state index contributed by atoms with van der Waals surface area (Å²) in [7, 11) is 0. The van der Waals surface area contributed by atoms with Crippen molar-refractivity contribution in [2.45, 2.75) is 32.7 Å². The Morgan fingerprint density at radius 1 is 1.03 bits per heavy atom. The van der Waals surface area contributed by atoms with Gasteiger partial charge in [0.2, 0.25) is 17.7 Å². The fraction of sp³-hybridized carbons (Fsp3) is 0.375. The van der Waals surface area contributed by atoms with E-state index in [2.05, 4.69) is 23.5 Å².